The van der Waals surface area contributed by atoms with E-state index in [0.717, 1.165) is 16.9 Å². The van der Waals surface area contributed by atoms with E-state index in [0.29, 0.717) is 0 Å². The van der Waals surface area contributed by atoms with Crippen LogP contribution in [0, 0.1) is 0 Å². The Bertz CT molecular complexity index is 1090. The summed E-state index contributed by atoms with van der Waals surface area (Å²) in [5, 5.41) is 0. The fourth-order valence-electron chi connectivity index (χ4n) is 2.96. The Morgan fingerprint density at radius 1 is 0.960 bits per heavy atom. The van der Waals surface area contributed by atoms with E-state index < -0.39 is 0 Å². The van der Waals surface area contributed by atoms with Gasteiger partial charge in [-0.1, -0.05) is 67.1 Å². The fraction of sp³-hybridized carbons (Fsp3) is 0.136. The monoisotopic (exact) mass is 344 g/mol. The largest absolute Gasteiger partial charge is 0.292 e. The number of aryl methyl sites for hydroxylation is 1. The van der Waals surface area contributed by atoms with Crippen LogP contribution in [0.3, 0.4) is 0 Å². The summed E-state index contributed by atoms with van der Waals surface area (Å²) in [6.07, 6.45) is 6.65. The van der Waals surface area contributed by atoms with Gasteiger partial charge in [-0.05, 0) is 47.9 Å². The predicted octanol–water partition coefficient (Wildman–Crippen LogP) is 4.73. The van der Waals surface area contributed by atoms with Crippen molar-refractivity contribution < 1.29 is 0 Å². The zero-order valence-electron chi connectivity index (χ0n) is 14.2. The first-order chi connectivity index (χ1) is 12.3. The number of fused-ring (bicyclic) bond motifs is 1. The van der Waals surface area contributed by atoms with E-state index in [1.807, 2.05) is 30.3 Å². The van der Waals surface area contributed by atoms with Gasteiger partial charge in [0.15, 0.2) is 4.80 Å². The number of thiazole rings is 1. The van der Waals surface area contributed by atoms with Crippen LogP contribution >= 0.6 is 11.3 Å². The van der Waals surface area contributed by atoms with Gasteiger partial charge in [0.25, 0.3) is 0 Å². The van der Waals surface area contributed by atoms with Gasteiger partial charge in [0, 0.05) is 6.20 Å². The van der Waals surface area contributed by atoms with Crippen LogP contribution < -0.4 is 9.33 Å². The Kier molecular flexibility index (Phi) is 4.49. The summed E-state index contributed by atoms with van der Waals surface area (Å²) in [6, 6.07) is 23.2. The molecule has 0 radical (unpaired) electrons. The lowest BCUT2D eigenvalue weighted by Crippen LogP contribution is -2.02. The summed E-state index contributed by atoms with van der Waals surface area (Å²) in [4.78, 5) is 5.80. The van der Waals surface area contributed by atoms with Crippen molar-refractivity contribution in [3.63, 3.8) is 0 Å². The Hall–Kier alpha value is -2.65. The molecule has 124 valence electrons. The lowest BCUT2D eigenvalue weighted by molar-refractivity contribution is 0.922. The van der Waals surface area contributed by atoms with Crippen molar-refractivity contribution in [3.8, 4) is 0 Å². The third-order valence-corrected chi connectivity index (χ3v) is 5.22. The highest BCUT2D eigenvalue weighted by Gasteiger charge is 2.02. The molecule has 4 rings (SSSR count). The van der Waals surface area contributed by atoms with E-state index in [1.54, 1.807) is 11.3 Å². The van der Waals surface area contributed by atoms with E-state index in [1.165, 1.54) is 27.6 Å². The minimum Gasteiger partial charge on any atom is -0.292 e. The summed E-state index contributed by atoms with van der Waals surface area (Å²) >= 11 is 1.72. The van der Waals surface area contributed by atoms with Gasteiger partial charge in [-0.3, -0.25) is 4.40 Å². The highest BCUT2D eigenvalue weighted by atomic mass is 32.1. The summed E-state index contributed by atoms with van der Waals surface area (Å²) in [5.74, 6) is 0. The first-order valence-electron chi connectivity index (χ1n) is 8.64. The molecule has 0 N–H and O–H groups in total. The maximum Gasteiger partial charge on any atom is 0.195 e. The van der Waals surface area contributed by atoms with E-state index in [2.05, 4.69) is 60.0 Å². The van der Waals surface area contributed by atoms with Crippen LogP contribution in [-0.2, 0) is 6.42 Å². The molecule has 0 saturated carbocycles. The molecule has 0 bridgehead atoms. The molecule has 0 spiro atoms. The lowest BCUT2D eigenvalue weighted by atomic mass is 10.1. The average molecular weight is 344 g/mol. The van der Waals surface area contributed by atoms with Gasteiger partial charge >= 0.3 is 0 Å². The molecule has 4 aromatic rings. The van der Waals surface area contributed by atoms with Crippen molar-refractivity contribution in [2.45, 2.75) is 19.8 Å². The fourth-order valence-corrected chi connectivity index (χ4v) is 4.03. The molecule has 2 aromatic heterocycles. The molecular formula is C22H20N2S. The molecule has 0 fully saturated rings. The summed E-state index contributed by atoms with van der Waals surface area (Å²) < 4.78 is 3.40. The van der Waals surface area contributed by atoms with Crippen LogP contribution in [0.15, 0.2) is 77.9 Å². The number of aromatic nitrogens is 1. The van der Waals surface area contributed by atoms with Crippen LogP contribution in [0.5, 0.6) is 0 Å². The van der Waals surface area contributed by atoms with Gasteiger partial charge in [-0.2, -0.15) is 0 Å². The maximum atomic E-state index is 4.80. The summed E-state index contributed by atoms with van der Waals surface area (Å²) in [7, 11) is 0. The third-order valence-electron chi connectivity index (χ3n) is 4.21. The van der Waals surface area contributed by atoms with Gasteiger partial charge in [0.05, 0.1) is 15.7 Å². The molecule has 0 saturated heterocycles. The minimum absolute atomic E-state index is 0.981. The van der Waals surface area contributed by atoms with Crippen molar-refractivity contribution in [1.82, 2.24) is 4.40 Å². The SMILES string of the molecule is CCCc1ccc(/C=c2\sc(=Nc3ccccc3)n3cccc23)cc1. The van der Waals surface area contributed by atoms with Crippen LogP contribution in [0.25, 0.3) is 11.6 Å². The highest BCUT2D eigenvalue weighted by molar-refractivity contribution is 7.07. The average Bonchev–Trinajstić information content (AvgIpc) is 3.23. The molecule has 3 heteroatoms. The van der Waals surface area contributed by atoms with E-state index in [9.17, 15) is 0 Å². The van der Waals surface area contributed by atoms with E-state index >= 15 is 0 Å². The van der Waals surface area contributed by atoms with Crippen molar-refractivity contribution in [3.05, 3.63) is 93.4 Å². The quantitative estimate of drug-likeness (QED) is 0.509. The number of para-hydroxylation sites is 1. The zero-order chi connectivity index (χ0) is 17.1. The molecule has 0 atom stereocenters. The van der Waals surface area contributed by atoms with Crippen molar-refractivity contribution >= 4 is 28.6 Å². The number of hydrogen-bond donors (Lipinski definition) is 0. The molecule has 25 heavy (non-hydrogen) atoms. The highest BCUT2D eigenvalue weighted by Crippen LogP contribution is 2.11. The smallest absolute Gasteiger partial charge is 0.195 e. The van der Waals surface area contributed by atoms with Crippen molar-refractivity contribution in [1.29, 1.82) is 0 Å². The van der Waals surface area contributed by atoms with Gasteiger partial charge in [0.1, 0.15) is 0 Å². The number of rotatable bonds is 4. The van der Waals surface area contributed by atoms with Gasteiger partial charge < -0.3 is 0 Å². The summed E-state index contributed by atoms with van der Waals surface area (Å²) in [6.45, 7) is 2.22. The van der Waals surface area contributed by atoms with Crippen molar-refractivity contribution in [2.24, 2.45) is 4.99 Å². The van der Waals surface area contributed by atoms with E-state index in [-0.39, 0.29) is 0 Å². The second-order valence-electron chi connectivity index (χ2n) is 6.10. The second-order valence-corrected chi connectivity index (χ2v) is 7.10. The number of hydrogen-bond acceptors (Lipinski definition) is 2. The second kappa shape index (κ2) is 7.08. The Morgan fingerprint density at radius 3 is 2.52 bits per heavy atom. The van der Waals surface area contributed by atoms with Crippen LogP contribution in [-0.4, -0.2) is 4.40 Å². The maximum absolute atomic E-state index is 4.80. The Labute approximate surface area is 151 Å². The first kappa shape index (κ1) is 15.9. The molecule has 0 aliphatic rings. The molecule has 0 unspecified atom stereocenters. The van der Waals surface area contributed by atoms with Crippen molar-refractivity contribution in [2.75, 3.05) is 0 Å². The molecule has 0 aliphatic heterocycles. The zero-order valence-corrected chi connectivity index (χ0v) is 15.0. The predicted molar refractivity (Wildman–Crippen MR) is 106 cm³/mol. The van der Waals surface area contributed by atoms with Crippen LogP contribution in [0.2, 0.25) is 0 Å². The minimum atomic E-state index is 0.981. The molecule has 2 aromatic carbocycles. The third kappa shape index (κ3) is 3.42. The molecule has 2 nitrogen and oxygen atoms in total. The molecule has 0 amide bonds. The molecule has 2 heterocycles. The molecule has 0 aliphatic carbocycles. The lowest BCUT2D eigenvalue weighted by Gasteiger charge is -1.98. The molecular weight excluding hydrogens is 324 g/mol. The first-order valence-corrected chi connectivity index (χ1v) is 9.45. The van der Waals surface area contributed by atoms with Gasteiger partial charge in [0.2, 0.25) is 0 Å². The van der Waals surface area contributed by atoms with Crippen LogP contribution in [0.1, 0.15) is 24.5 Å². The van der Waals surface area contributed by atoms with Gasteiger partial charge in [-0.25, -0.2) is 4.99 Å². The van der Waals surface area contributed by atoms with Gasteiger partial charge in [-0.15, -0.1) is 0 Å². The number of benzene rings is 2. The Balaban J connectivity index is 1.80. The standard InChI is InChI=1S/C22H20N2S/c1-2-7-17-11-13-18(14-12-17)16-21-20-10-6-15-24(20)22(25-21)23-19-8-4-3-5-9-19/h3-6,8-16H,2,7H2,1H3/b21-16-,23-22?. The number of nitrogens with zero attached hydrogens (tertiary/aromatic N) is 2. The summed E-state index contributed by atoms with van der Waals surface area (Å²) in [5.41, 5.74) is 4.82. The normalized spacial score (nSPS) is 13.0. The van der Waals surface area contributed by atoms with Crippen LogP contribution in [0.4, 0.5) is 5.69 Å². The topological polar surface area (TPSA) is 16.8 Å². The van der Waals surface area contributed by atoms with E-state index in [4.69, 9.17) is 4.99 Å². The Morgan fingerprint density at radius 2 is 1.76 bits per heavy atom.